The van der Waals surface area contributed by atoms with Gasteiger partial charge in [0.2, 0.25) is 11.6 Å². The van der Waals surface area contributed by atoms with E-state index in [1.54, 1.807) is 7.05 Å². The number of hydrogen-bond acceptors (Lipinski definition) is 4. The molecule has 0 aliphatic heterocycles. The highest BCUT2D eigenvalue weighted by Crippen LogP contribution is 2.01. The van der Waals surface area contributed by atoms with E-state index in [2.05, 4.69) is 15.5 Å². The number of aryl methyl sites for hydroxylation is 1. The van der Waals surface area contributed by atoms with Gasteiger partial charge in [0.15, 0.2) is 0 Å². The van der Waals surface area contributed by atoms with Gasteiger partial charge in [-0.3, -0.25) is 4.79 Å². The van der Waals surface area contributed by atoms with Crippen LogP contribution in [0, 0.1) is 5.92 Å². The van der Waals surface area contributed by atoms with E-state index in [4.69, 9.17) is 0 Å². The van der Waals surface area contributed by atoms with Crippen LogP contribution >= 0.6 is 0 Å². The number of nitrogens with zero attached hydrogens (tertiary/aromatic N) is 4. The van der Waals surface area contributed by atoms with Gasteiger partial charge in [-0.1, -0.05) is 13.8 Å². The molecule has 1 aromatic rings. The van der Waals surface area contributed by atoms with Crippen molar-refractivity contribution < 1.29 is 4.79 Å². The van der Waals surface area contributed by atoms with Gasteiger partial charge >= 0.3 is 0 Å². The highest BCUT2D eigenvalue weighted by atomic mass is 16.1. The maximum atomic E-state index is 11.3. The molecule has 0 radical (unpaired) electrons. The number of ketones is 1. The van der Waals surface area contributed by atoms with Gasteiger partial charge in [0, 0.05) is 13.0 Å². The van der Waals surface area contributed by atoms with Crippen LogP contribution in [0.15, 0.2) is 0 Å². The van der Waals surface area contributed by atoms with Gasteiger partial charge in [-0.15, -0.1) is 5.10 Å². The first-order valence-electron chi connectivity index (χ1n) is 3.39. The molecule has 0 saturated heterocycles. The standard InChI is InChI=1S/C6H10N4O/c1-4(2)5(11)6-7-8-9-10(6)3/h4H,1-3H3. The highest BCUT2D eigenvalue weighted by Gasteiger charge is 2.15. The molecular formula is C6H10N4O. The van der Waals surface area contributed by atoms with E-state index in [0.717, 1.165) is 0 Å². The van der Waals surface area contributed by atoms with Crippen molar-refractivity contribution in [3.8, 4) is 0 Å². The average Bonchev–Trinajstić information content (AvgIpc) is 2.33. The fraction of sp³-hybridized carbons (Fsp3) is 0.667. The van der Waals surface area contributed by atoms with Crippen molar-refractivity contribution in [2.24, 2.45) is 13.0 Å². The van der Waals surface area contributed by atoms with Gasteiger partial charge in [0.05, 0.1) is 0 Å². The Kier molecular flexibility index (Phi) is 1.98. The quantitative estimate of drug-likeness (QED) is 0.564. The fourth-order valence-corrected chi connectivity index (χ4v) is 0.696. The first-order valence-corrected chi connectivity index (χ1v) is 3.39. The number of carbonyl (C=O) groups is 1. The first-order chi connectivity index (χ1) is 5.13. The van der Waals surface area contributed by atoms with Gasteiger partial charge in [-0.2, -0.15) is 0 Å². The molecule has 0 fully saturated rings. The fourth-order valence-electron chi connectivity index (χ4n) is 0.696. The summed E-state index contributed by atoms with van der Waals surface area (Å²) in [5.41, 5.74) is 0. The Morgan fingerprint density at radius 1 is 1.55 bits per heavy atom. The second-order valence-corrected chi connectivity index (χ2v) is 2.65. The molecule has 1 rings (SSSR count). The molecule has 1 heterocycles. The third kappa shape index (κ3) is 1.42. The van der Waals surface area contributed by atoms with E-state index in [1.165, 1.54) is 4.68 Å². The predicted molar refractivity (Wildman–Crippen MR) is 38.0 cm³/mol. The number of Topliss-reactive ketones (excluding diaryl/α,β-unsaturated/α-hetero) is 1. The molecule has 11 heavy (non-hydrogen) atoms. The molecule has 0 atom stereocenters. The van der Waals surface area contributed by atoms with E-state index in [0.29, 0.717) is 5.82 Å². The smallest absolute Gasteiger partial charge is 0.218 e. The zero-order valence-corrected chi connectivity index (χ0v) is 6.77. The molecular weight excluding hydrogens is 144 g/mol. The number of hydrogen-bond donors (Lipinski definition) is 0. The van der Waals surface area contributed by atoms with Gasteiger partial charge in [0.1, 0.15) is 0 Å². The van der Waals surface area contributed by atoms with Crippen LogP contribution < -0.4 is 0 Å². The summed E-state index contributed by atoms with van der Waals surface area (Å²) in [5, 5.41) is 10.5. The zero-order valence-electron chi connectivity index (χ0n) is 6.77. The molecule has 0 aliphatic carbocycles. The second kappa shape index (κ2) is 2.77. The molecule has 1 aromatic heterocycles. The molecule has 0 bridgehead atoms. The van der Waals surface area contributed by atoms with Crippen LogP contribution in [0.5, 0.6) is 0 Å². The summed E-state index contributed by atoms with van der Waals surface area (Å²) in [6, 6.07) is 0. The van der Waals surface area contributed by atoms with Crippen LogP contribution in [-0.2, 0) is 7.05 Å². The average molecular weight is 154 g/mol. The lowest BCUT2D eigenvalue weighted by Gasteiger charge is -1.99. The van der Waals surface area contributed by atoms with E-state index in [-0.39, 0.29) is 11.7 Å². The van der Waals surface area contributed by atoms with Crippen LogP contribution in [0.3, 0.4) is 0 Å². The Morgan fingerprint density at radius 3 is 2.55 bits per heavy atom. The number of carbonyl (C=O) groups excluding carboxylic acids is 1. The molecule has 60 valence electrons. The second-order valence-electron chi connectivity index (χ2n) is 2.65. The number of rotatable bonds is 2. The topological polar surface area (TPSA) is 60.7 Å². The molecule has 0 spiro atoms. The van der Waals surface area contributed by atoms with Gasteiger partial charge < -0.3 is 0 Å². The van der Waals surface area contributed by atoms with Crippen LogP contribution in [0.4, 0.5) is 0 Å². The Bertz CT molecular complexity index is 265. The minimum Gasteiger partial charge on any atom is -0.290 e. The summed E-state index contributed by atoms with van der Waals surface area (Å²) in [4.78, 5) is 11.3. The normalized spacial score (nSPS) is 10.5. The van der Waals surface area contributed by atoms with Crippen LogP contribution in [0.25, 0.3) is 0 Å². The Labute approximate surface area is 64.4 Å². The first kappa shape index (κ1) is 7.84. The lowest BCUT2D eigenvalue weighted by molar-refractivity contribution is 0.0924. The summed E-state index contributed by atoms with van der Waals surface area (Å²) in [5.74, 6) is 0.234. The van der Waals surface area contributed by atoms with Crippen LogP contribution in [-0.4, -0.2) is 26.0 Å². The van der Waals surface area contributed by atoms with Gasteiger partial charge in [0.25, 0.3) is 0 Å². The monoisotopic (exact) mass is 154 g/mol. The van der Waals surface area contributed by atoms with E-state index >= 15 is 0 Å². The summed E-state index contributed by atoms with van der Waals surface area (Å²) in [6.45, 7) is 3.63. The molecule has 0 N–H and O–H groups in total. The third-order valence-electron chi connectivity index (χ3n) is 1.36. The lowest BCUT2D eigenvalue weighted by Crippen LogP contribution is -2.13. The minimum absolute atomic E-state index is 0.0301. The van der Waals surface area contributed by atoms with Crippen molar-refractivity contribution in [1.82, 2.24) is 20.2 Å². The maximum absolute atomic E-state index is 11.3. The Morgan fingerprint density at radius 2 is 2.18 bits per heavy atom. The van der Waals surface area contributed by atoms with Crippen molar-refractivity contribution in [3.63, 3.8) is 0 Å². The van der Waals surface area contributed by atoms with Crippen LogP contribution in [0.1, 0.15) is 24.5 Å². The summed E-state index contributed by atoms with van der Waals surface area (Å²) >= 11 is 0. The van der Waals surface area contributed by atoms with E-state index < -0.39 is 0 Å². The molecule has 0 amide bonds. The Balaban J connectivity index is 2.93. The lowest BCUT2D eigenvalue weighted by atomic mass is 10.1. The predicted octanol–water partition coefficient (Wildman–Crippen LogP) is 0.0488. The maximum Gasteiger partial charge on any atom is 0.218 e. The largest absolute Gasteiger partial charge is 0.290 e. The minimum atomic E-state index is -0.0558. The molecule has 0 saturated carbocycles. The number of aromatic nitrogens is 4. The zero-order chi connectivity index (χ0) is 8.43. The van der Waals surface area contributed by atoms with Crippen molar-refractivity contribution in [3.05, 3.63) is 5.82 Å². The summed E-state index contributed by atoms with van der Waals surface area (Å²) in [7, 11) is 1.65. The molecule has 0 aliphatic rings. The van der Waals surface area contributed by atoms with Crippen molar-refractivity contribution in [2.45, 2.75) is 13.8 Å². The summed E-state index contributed by atoms with van der Waals surface area (Å²) in [6.07, 6.45) is 0. The van der Waals surface area contributed by atoms with Crippen molar-refractivity contribution in [1.29, 1.82) is 0 Å². The Hall–Kier alpha value is -1.26. The van der Waals surface area contributed by atoms with Crippen molar-refractivity contribution >= 4 is 5.78 Å². The molecule has 0 aromatic carbocycles. The van der Waals surface area contributed by atoms with Crippen molar-refractivity contribution in [2.75, 3.05) is 0 Å². The molecule has 0 unspecified atom stereocenters. The summed E-state index contributed by atoms with van der Waals surface area (Å²) < 4.78 is 1.38. The third-order valence-corrected chi connectivity index (χ3v) is 1.36. The van der Waals surface area contributed by atoms with E-state index in [1.807, 2.05) is 13.8 Å². The van der Waals surface area contributed by atoms with Gasteiger partial charge in [-0.25, -0.2) is 4.68 Å². The SMILES string of the molecule is CC(C)C(=O)c1nnnn1C. The van der Waals surface area contributed by atoms with Gasteiger partial charge in [-0.05, 0) is 10.4 Å². The van der Waals surface area contributed by atoms with Crippen LogP contribution in [0.2, 0.25) is 0 Å². The number of tetrazole rings is 1. The van der Waals surface area contributed by atoms with E-state index in [9.17, 15) is 4.79 Å². The highest BCUT2D eigenvalue weighted by molar-refractivity contribution is 5.93. The molecule has 5 heteroatoms. The molecule has 5 nitrogen and oxygen atoms in total.